The van der Waals surface area contributed by atoms with Gasteiger partial charge in [0.25, 0.3) is 5.91 Å². The van der Waals surface area contributed by atoms with Crippen LogP contribution in [-0.4, -0.2) is 93.4 Å². The highest BCUT2D eigenvalue weighted by Gasteiger charge is 2.64. The van der Waals surface area contributed by atoms with Crippen LogP contribution in [0.4, 0.5) is 0 Å². The zero-order valence-electron chi connectivity index (χ0n) is 20.8. The van der Waals surface area contributed by atoms with Gasteiger partial charge < -0.3 is 31.1 Å². The number of aromatic hydroxyl groups is 1. The number of benzene rings is 1. The van der Waals surface area contributed by atoms with Crippen molar-refractivity contribution in [3.8, 4) is 5.75 Å². The van der Waals surface area contributed by atoms with Gasteiger partial charge in [0.1, 0.15) is 22.8 Å². The van der Waals surface area contributed by atoms with Crippen LogP contribution in [0.1, 0.15) is 23.1 Å². The van der Waals surface area contributed by atoms with E-state index >= 15 is 0 Å². The summed E-state index contributed by atoms with van der Waals surface area (Å²) in [6.07, 6.45) is 3.00. The summed E-state index contributed by atoms with van der Waals surface area (Å²) in [7, 11) is 6.26. The summed E-state index contributed by atoms with van der Waals surface area (Å²) in [6, 6.07) is 1.73. The van der Waals surface area contributed by atoms with Crippen molar-refractivity contribution < 1.29 is 39.6 Å². The van der Waals surface area contributed by atoms with Crippen molar-refractivity contribution >= 4 is 35.2 Å². The summed E-state index contributed by atoms with van der Waals surface area (Å²) in [6.45, 7) is 0. The van der Waals surface area contributed by atoms with Crippen molar-refractivity contribution in [1.82, 2.24) is 9.80 Å². The lowest BCUT2D eigenvalue weighted by Gasteiger charge is -2.50. The number of hydrogen-bond acceptors (Lipinski definition) is 9. The van der Waals surface area contributed by atoms with E-state index < -0.39 is 58.0 Å². The lowest BCUT2D eigenvalue weighted by atomic mass is 9.57. The maximum atomic E-state index is 13.8. The number of phenolic OH excluding ortho intramolecular Hbond substituents is 1. The fourth-order valence-electron chi connectivity index (χ4n) is 5.73. The molecule has 6 N–H and O–H groups in total. The van der Waals surface area contributed by atoms with Crippen molar-refractivity contribution in [1.29, 1.82) is 0 Å². The number of rotatable bonds is 4. The monoisotopic (exact) mass is 511 g/mol. The number of carbonyl (C=O) groups excluding carboxylic acids is 4. The Morgan fingerprint density at radius 2 is 1.76 bits per heavy atom. The maximum Gasteiger partial charge on any atom is 0.255 e. The summed E-state index contributed by atoms with van der Waals surface area (Å²) in [5.74, 6) is -7.33. The van der Waals surface area contributed by atoms with Crippen LogP contribution >= 0.6 is 0 Å². The molecule has 1 aromatic carbocycles. The summed E-state index contributed by atoms with van der Waals surface area (Å²) in [5, 5.41) is 44.2. The summed E-state index contributed by atoms with van der Waals surface area (Å²) in [5.41, 5.74) is 2.53. The molecule has 2 amide bonds. The average Bonchev–Trinajstić information content (AvgIpc) is 2.80. The second-order valence-corrected chi connectivity index (χ2v) is 10.1. The van der Waals surface area contributed by atoms with E-state index in [9.17, 15) is 39.6 Å². The Kier molecular flexibility index (Phi) is 6.25. The minimum atomic E-state index is -2.68. The van der Waals surface area contributed by atoms with Crippen LogP contribution < -0.4 is 5.73 Å². The number of fused-ring (bicyclic) bond motifs is 3. The number of likely N-dealkylation sites (N-methyl/N-ethyl adjacent to an activating group) is 2. The number of amides is 2. The Morgan fingerprint density at radius 1 is 1.11 bits per heavy atom. The van der Waals surface area contributed by atoms with E-state index in [0.29, 0.717) is 11.1 Å². The summed E-state index contributed by atoms with van der Waals surface area (Å²) >= 11 is 0. The molecule has 37 heavy (non-hydrogen) atoms. The number of carbonyl (C=O) groups is 4. The standard InChI is InChI=1S/C26H29N3O8/c1-28(2)16(31)8-6-11-5-7-15(30)18-13(11)9-12-10-14-20(29(3)4)22(33)19(25(27)36)24(35)26(14,37)23(34)17(12)21(18)32/h5-8,12,14,20,30,32,35,37H,9-10H2,1-4H3,(H2,27,36)/b8-6+/t12-,14-,20-,26-/m1/s1. The summed E-state index contributed by atoms with van der Waals surface area (Å²) < 4.78 is 0. The number of phenols is 1. The molecule has 11 heteroatoms. The minimum Gasteiger partial charge on any atom is -0.508 e. The van der Waals surface area contributed by atoms with Gasteiger partial charge in [0.2, 0.25) is 11.7 Å². The lowest BCUT2D eigenvalue weighted by molar-refractivity contribution is -0.153. The van der Waals surface area contributed by atoms with Gasteiger partial charge in [-0.05, 0) is 56.1 Å². The molecule has 4 rings (SSSR count). The Bertz CT molecular complexity index is 1340. The van der Waals surface area contributed by atoms with Gasteiger partial charge in [0, 0.05) is 31.7 Å². The van der Waals surface area contributed by atoms with E-state index in [1.165, 1.54) is 36.0 Å². The first-order valence-electron chi connectivity index (χ1n) is 11.6. The number of aliphatic hydroxyl groups excluding tert-OH is 2. The molecule has 1 fully saturated rings. The van der Waals surface area contributed by atoms with Gasteiger partial charge in [-0.25, -0.2) is 0 Å². The van der Waals surface area contributed by atoms with Crippen LogP contribution in [0.25, 0.3) is 11.8 Å². The van der Waals surface area contributed by atoms with Crippen molar-refractivity contribution in [3.63, 3.8) is 0 Å². The van der Waals surface area contributed by atoms with Crippen LogP contribution in [0.3, 0.4) is 0 Å². The van der Waals surface area contributed by atoms with E-state index in [1.54, 1.807) is 26.2 Å². The average molecular weight is 512 g/mol. The van der Waals surface area contributed by atoms with Gasteiger partial charge in [0.15, 0.2) is 11.4 Å². The molecule has 0 aliphatic heterocycles. The van der Waals surface area contributed by atoms with E-state index in [-0.39, 0.29) is 35.6 Å². The second kappa shape index (κ2) is 8.86. The Morgan fingerprint density at radius 3 is 2.32 bits per heavy atom. The molecule has 11 nitrogen and oxygen atoms in total. The summed E-state index contributed by atoms with van der Waals surface area (Å²) in [4.78, 5) is 53.8. The van der Waals surface area contributed by atoms with Crippen LogP contribution in [0.15, 0.2) is 35.1 Å². The number of primary amides is 1. The van der Waals surface area contributed by atoms with Gasteiger partial charge in [-0.3, -0.25) is 24.1 Å². The van der Waals surface area contributed by atoms with E-state index in [0.717, 1.165) is 0 Å². The molecule has 0 unspecified atom stereocenters. The van der Waals surface area contributed by atoms with Crippen LogP contribution in [0.5, 0.6) is 5.75 Å². The van der Waals surface area contributed by atoms with E-state index in [2.05, 4.69) is 0 Å². The molecule has 1 aromatic rings. The third-order valence-electron chi connectivity index (χ3n) is 7.49. The minimum absolute atomic E-state index is 0.0127. The molecule has 0 heterocycles. The number of nitrogens with zero attached hydrogens (tertiary/aromatic N) is 2. The molecule has 4 atom stereocenters. The zero-order chi connectivity index (χ0) is 27.6. The molecule has 0 spiro atoms. The fourth-order valence-corrected chi connectivity index (χ4v) is 5.73. The molecule has 3 aliphatic carbocycles. The van der Waals surface area contributed by atoms with Crippen molar-refractivity contribution in [2.75, 3.05) is 28.2 Å². The van der Waals surface area contributed by atoms with Gasteiger partial charge in [-0.15, -0.1) is 0 Å². The van der Waals surface area contributed by atoms with Crippen LogP contribution in [0, 0.1) is 11.8 Å². The topological polar surface area (TPSA) is 182 Å². The number of Topliss-reactive ketones (excluding diaryl/α,β-unsaturated/α-hetero) is 2. The molecular formula is C26H29N3O8. The highest BCUT2D eigenvalue weighted by Crippen LogP contribution is 2.53. The maximum absolute atomic E-state index is 13.8. The van der Waals surface area contributed by atoms with Crippen LogP contribution in [0.2, 0.25) is 0 Å². The molecule has 0 radical (unpaired) electrons. The Balaban J connectivity index is 1.92. The second-order valence-electron chi connectivity index (χ2n) is 10.1. The van der Waals surface area contributed by atoms with Gasteiger partial charge in [-0.1, -0.05) is 6.07 Å². The normalized spacial score (nSPS) is 27.4. The third-order valence-corrected chi connectivity index (χ3v) is 7.49. The highest BCUT2D eigenvalue weighted by molar-refractivity contribution is 6.24. The van der Waals surface area contributed by atoms with Crippen molar-refractivity contribution in [2.45, 2.75) is 24.5 Å². The van der Waals surface area contributed by atoms with Gasteiger partial charge in [-0.2, -0.15) is 0 Å². The molecule has 0 aromatic heterocycles. The number of nitrogens with two attached hydrogens (primary N) is 1. The van der Waals surface area contributed by atoms with Gasteiger partial charge >= 0.3 is 0 Å². The first-order chi connectivity index (χ1) is 17.2. The van der Waals surface area contributed by atoms with Crippen molar-refractivity contribution in [2.24, 2.45) is 17.6 Å². The SMILES string of the molecule is CN(C)C(=O)/C=C/c1ccc(O)c2c1C[C@@H]1C[C@@H]3[C@@H](N(C)C)C(=O)C(C(N)=O)=C(O)[C@]3(O)C(=O)C1=C2O. The quantitative estimate of drug-likeness (QED) is 0.276. The van der Waals surface area contributed by atoms with E-state index in [4.69, 9.17) is 5.73 Å². The molecule has 3 aliphatic rings. The fraction of sp³-hybridized carbons (Fsp3) is 0.385. The largest absolute Gasteiger partial charge is 0.508 e. The Labute approximate surface area is 212 Å². The first kappa shape index (κ1) is 26.1. The molecule has 196 valence electrons. The third kappa shape index (κ3) is 3.73. The Hall–Kier alpha value is -3.96. The first-order valence-corrected chi connectivity index (χ1v) is 11.6. The van der Waals surface area contributed by atoms with Gasteiger partial charge in [0.05, 0.1) is 11.6 Å². The smallest absolute Gasteiger partial charge is 0.255 e. The van der Waals surface area contributed by atoms with Crippen molar-refractivity contribution in [3.05, 3.63) is 51.8 Å². The lowest BCUT2D eigenvalue weighted by Crippen LogP contribution is -2.65. The molecule has 0 saturated heterocycles. The molecule has 0 bridgehead atoms. The predicted molar refractivity (Wildman–Crippen MR) is 132 cm³/mol. The van der Waals surface area contributed by atoms with Crippen LogP contribution in [-0.2, 0) is 25.6 Å². The number of ketones is 2. The highest BCUT2D eigenvalue weighted by atomic mass is 16.3. The predicted octanol–water partition coefficient (Wildman–Crippen LogP) is 0.0654. The number of aliphatic hydroxyl groups is 3. The van der Waals surface area contributed by atoms with E-state index in [1.807, 2.05) is 0 Å². The molecule has 1 saturated carbocycles. The molecular weight excluding hydrogens is 482 g/mol. The zero-order valence-corrected chi connectivity index (χ0v) is 20.8. The number of hydrogen-bond donors (Lipinski definition) is 5.